The summed E-state index contributed by atoms with van der Waals surface area (Å²) < 4.78 is 5.76. The summed E-state index contributed by atoms with van der Waals surface area (Å²) in [5.74, 6) is 0.639. The molecule has 15 heavy (non-hydrogen) atoms. The van der Waals surface area contributed by atoms with E-state index in [0.29, 0.717) is 5.92 Å². The topological polar surface area (TPSA) is 29.5 Å². The average molecular weight is 213 g/mol. The molecule has 0 aromatic heterocycles. The van der Waals surface area contributed by atoms with Gasteiger partial charge in [0.15, 0.2) is 0 Å². The molecule has 3 heteroatoms. The van der Waals surface area contributed by atoms with E-state index < -0.39 is 0 Å². The third-order valence-corrected chi connectivity index (χ3v) is 3.19. The SMILES string of the molecule is CC(C)C1CCC(C(=O)N(C)C(C)C)O1. The second-order valence-corrected chi connectivity index (χ2v) is 5.03. The van der Waals surface area contributed by atoms with Crippen LogP contribution in [0.3, 0.4) is 0 Å². The molecule has 0 aromatic rings. The number of nitrogens with zero attached hydrogens (tertiary/aromatic N) is 1. The number of hydrogen-bond donors (Lipinski definition) is 0. The van der Waals surface area contributed by atoms with Crippen LogP contribution in [-0.4, -0.2) is 36.1 Å². The van der Waals surface area contributed by atoms with E-state index in [4.69, 9.17) is 4.74 Å². The zero-order valence-corrected chi connectivity index (χ0v) is 10.5. The Morgan fingerprint density at radius 3 is 2.27 bits per heavy atom. The summed E-state index contributed by atoms with van der Waals surface area (Å²) in [6, 6.07) is 0.249. The monoisotopic (exact) mass is 213 g/mol. The van der Waals surface area contributed by atoms with Gasteiger partial charge >= 0.3 is 0 Å². The number of ether oxygens (including phenoxy) is 1. The van der Waals surface area contributed by atoms with Gasteiger partial charge < -0.3 is 9.64 Å². The van der Waals surface area contributed by atoms with Crippen LogP contribution in [0.1, 0.15) is 40.5 Å². The number of amides is 1. The van der Waals surface area contributed by atoms with E-state index in [9.17, 15) is 4.79 Å². The lowest BCUT2D eigenvalue weighted by Crippen LogP contribution is -2.40. The minimum absolute atomic E-state index is 0.133. The van der Waals surface area contributed by atoms with Crippen LogP contribution in [0, 0.1) is 5.92 Å². The molecule has 0 N–H and O–H groups in total. The highest BCUT2D eigenvalue weighted by molar-refractivity contribution is 5.81. The van der Waals surface area contributed by atoms with Gasteiger partial charge in [0.05, 0.1) is 6.10 Å². The Labute approximate surface area is 92.8 Å². The van der Waals surface area contributed by atoms with Crippen molar-refractivity contribution < 1.29 is 9.53 Å². The van der Waals surface area contributed by atoms with Crippen LogP contribution in [-0.2, 0) is 9.53 Å². The first-order valence-electron chi connectivity index (χ1n) is 5.85. The molecule has 88 valence electrons. The molecule has 0 bridgehead atoms. The van der Waals surface area contributed by atoms with Gasteiger partial charge in [-0.2, -0.15) is 0 Å². The summed E-state index contributed by atoms with van der Waals surface area (Å²) in [4.78, 5) is 13.7. The van der Waals surface area contributed by atoms with Crippen LogP contribution in [0.25, 0.3) is 0 Å². The first-order chi connectivity index (χ1) is 6.93. The van der Waals surface area contributed by atoms with Crippen molar-refractivity contribution >= 4 is 5.91 Å². The maximum atomic E-state index is 12.0. The fraction of sp³-hybridized carbons (Fsp3) is 0.917. The summed E-state index contributed by atoms with van der Waals surface area (Å²) >= 11 is 0. The van der Waals surface area contributed by atoms with E-state index in [1.54, 1.807) is 4.90 Å². The first kappa shape index (κ1) is 12.5. The van der Waals surface area contributed by atoms with Gasteiger partial charge in [-0.15, -0.1) is 0 Å². The van der Waals surface area contributed by atoms with Crippen LogP contribution in [0.2, 0.25) is 0 Å². The first-order valence-corrected chi connectivity index (χ1v) is 5.85. The van der Waals surface area contributed by atoms with Gasteiger partial charge in [-0.3, -0.25) is 4.79 Å². The second-order valence-electron chi connectivity index (χ2n) is 5.03. The van der Waals surface area contributed by atoms with E-state index in [1.807, 2.05) is 20.9 Å². The van der Waals surface area contributed by atoms with Gasteiger partial charge in [-0.25, -0.2) is 0 Å². The fourth-order valence-corrected chi connectivity index (χ4v) is 1.82. The molecule has 0 radical (unpaired) electrons. The number of rotatable bonds is 3. The van der Waals surface area contributed by atoms with E-state index in [-0.39, 0.29) is 24.2 Å². The lowest BCUT2D eigenvalue weighted by molar-refractivity contribution is -0.143. The number of carbonyl (C=O) groups is 1. The maximum absolute atomic E-state index is 12.0. The third-order valence-electron chi connectivity index (χ3n) is 3.19. The molecule has 0 aromatic carbocycles. The number of likely N-dealkylation sites (N-methyl/N-ethyl adjacent to an activating group) is 1. The molecular formula is C12H23NO2. The Hall–Kier alpha value is -0.570. The summed E-state index contributed by atoms with van der Waals surface area (Å²) in [7, 11) is 1.85. The predicted octanol–water partition coefficient (Wildman–Crippen LogP) is 2.06. The van der Waals surface area contributed by atoms with Gasteiger partial charge in [-0.05, 0) is 32.6 Å². The largest absolute Gasteiger partial charge is 0.365 e. The highest BCUT2D eigenvalue weighted by Gasteiger charge is 2.34. The van der Waals surface area contributed by atoms with E-state index in [1.165, 1.54) is 0 Å². The van der Waals surface area contributed by atoms with E-state index in [0.717, 1.165) is 12.8 Å². The summed E-state index contributed by atoms with van der Waals surface area (Å²) in [6.45, 7) is 8.33. The minimum atomic E-state index is -0.204. The summed E-state index contributed by atoms with van der Waals surface area (Å²) in [6.07, 6.45) is 1.95. The van der Waals surface area contributed by atoms with Crippen molar-refractivity contribution in [2.45, 2.75) is 58.8 Å². The van der Waals surface area contributed by atoms with Crippen LogP contribution in [0.15, 0.2) is 0 Å². The number of carbonyl (C=O) groups excluding carboxylic acids is 1. The lowest BCUT2D eigenvalue weighted by Gasteiger charge is -2.25. The fourth-order valence-electron chi connectivity index (χ4n) is 1.82. The zero-order valence-electron chi connectivity index (χ0n) is 10.5. The molecule has 0 spiro atoms. The highest BCUT2D eigenvalue weighted by Crippen LogP contribution is 2.26. The van der Waals surface area contributed by atoms with Crippen molar-refractivity contribution in [3.63, 3.8) is 0 Å². The summed E-state index contributed by atoms with van der Waals surface area (Å²) in [5, 5.41) is 0. The molecule has 1 fully saturated rings. The molecule has 0 saturated carbocycles. The Morgan fingerprint density at radius 2 is 1.87 bits per heavy atom. The van der Waals surface area contributed by atoms with Crippen molar-refractivity contribution in [3.8, 4) is 0 Å². The average Bonchev–Trinajstić information content (AvgIpc) is 2.64. The minimum Gasteiger partial charge on any atom is -0.365 e. The Morgan fingerprint density at radius 1 is 1.27 bits per heavy atom. The molecule has 3 nitrogen and oxygen atoms in total. The van der Waals surface area contributed by atoms with E-state index >= 15 is 0 Å². The second kappa shape index (κ2) is 4.97. The van der Waals surface area contributed by atoms with Gasteiger partial charge in [0, 0.05) is 13.1 Å². The van der Waals surface area contributed by atoms with Gasteiger partial charge in [0.25, 0.3) is 5.91 Å². The Balaban J connectivity index is 2.50. The van der Waals surface area contributed by atoms with Crippen molar-refractivity contribution in [1.29, 1.82) is 0 Å². The smallest absolute Gasteiger partial charge is 0.251 e. The standard InChI is InChI=1S/C12H23NO2/c1-8(2)10-6-7-11(15-10)12(14)13(5)9(3)4/h8-11H,6-7H2,1-5H3. The highest BCUT2D eigenvalue weighted by atomic mass is 16.5. The van der Waals surface area contributed by atoms with Crippen LogP contribution >= 0.6 is 0 Å². The normalized spacial score (nSPS) is 26.3. The van der Waals surface area contributed by atoms with Crippen LogP contribution in [0.5, 0.6) is 0 Å². The molecule has 1 heterocycles. The Kier molecular flexibility index (Phi) is 4.14. The molecular weight excluding hydrogens is 190 g/mol. The molecule has 1 saturated heterocycles. The molecule has 1 rings (SSSR count). The lowest BCUT2D eigenvalue weighted by atomic mass is 10.0. The zero-order chi connectivity index (χ0) is 11.6. The van der Waals surface area contributed by atoms with Crippen LogP contribution in [0.4, 0.5) is 0 Å². The van der Waals surface area contributed by atoms with Crippen molar-refractivity contribution in [1.82, 2.24) is 4.90 Å². The van der Waals surface area contributed by atoms with Gasteiger partial charge in [-0.1, -0.05) is 13.8 Å². The molecule has 2 unspecified atom stereocenters. The molecule has 1 amide bonds. The van der Waals surface area contributed by atoms with Gasteiger partial charge in [0.1, 0.15) is 6.10 Å². The molecule has 0 aliphatic carbocycles. The van der Waals surface area contributed by atoms with Crippen molar-refractivity contribution in [2.75, 3.05) is 7.05 Å². The summed E-state index contributed by atoms with van der Waals surface area (Å²) in [5.41, 5.74) is 0. The van der Waals surface area contributed by atoms with Crippen molar-refractivity contribution in [3.05, 3.63) is 0 Å². The molecule has 1 aliphatic rings. The quantitative estimate of drug-likeness (QED) is 0.718. The predicted molar refractivity (Wildman–Crippen MR) is 60.6 cm³/mol. The van der Waals surface area contributed by atoms with E-state index in [2.05, 4.69) is 13.8 Å². The van der Waals surface area contributed by atoms with Crippen LogP contribution < -0.4 is 0 Å². The Bertz CT molecular complexity index is 226. The van der Waals surface area contributed by atoms with Crippen molar-refractivity contribution in [2.24, 2.45) is 5.92 Å². The molecule has 2 atom stereocenters. The third kappa shape index (κ3) is 2.94. The maximum Gasteiger partial charge on any atom is 0.251 e. The molecule has 1 aliphatic heterocycles. The van der Waals surface area contributed by atoms with Gasteiger partial charge in [0.2, 0.25) is 0 Å². The number of hydrogen-bond acceptors (Lipinski definition) is 2.